The number of hydrogen-bond acceptors (Lipinski definition) is 3. The van der Waals surface area contributed by atoms with Gasteiger partial charge in [-0.25, -0.2) is 0 Å². The fraction of sp³-hybridized carbons (Fsp3) is 0.400. The van der Waals surface area contributed by atoms with Crippen LogP contribution >= 0.6 is 0 Å². The number of aromatic nitrogens is 1. The summed E-state index contributed by atoms with van der Waals surface area (Å²) in [4.78, 5) is 11.9. The predicted octanol–water partition coefficient (Wildman–Crippen LogP) is 2.30. The van der Waals surface area contributed by atoms with Gasteiger partial charge in [0.2, 0.25) is 0 Å². The van der Waals surface area contributed by atoms with Crippen LogP contribution in [0.2, 0.25) is 0 Å². The molecule has 0 bridgehead atoms. The molecule has 0 spiro atoms. The van der Waals surface area contributed by atoms with Gasteiger partial charge in [-0.15, -0.1) is 0 Å². The Morgan fingerprint density at radius 2 is 2.00 bits per heavy atom. The molecule has 0 atom stereocenters. The average molecular weight is 260 g/mol. The van der Waals surface area contributed by atoms with E-state index in [1.54, 1.807) is 10.8 Å². The van der Waals surface area contributed by atoms with Crippen LogP contribution < -0.4 is 10.9 Å². The van der Waals surface area contributed by atoms with Crippen molar-refractivity contribution in [2.45, 2.75) is 39.9 Å². The van der Waals surface area contributed by atoms with Crippen molar-refractivity contribution in [3.05, 3.63) is 57.9 Å². The van der Waals surface area contributed by atoms with Gasteiger partial charge in [0.25, 0.3) is 5.56 Å². The van der Waals surface area contributed by atoms with Crippen LogP contribution in [-0.2, 0) is 13.1 Å². The summed E-state index contributed by atoms with van der Waals surface area (Å²) in [6.07, 6.45) is 1.78. The molecule has 0 saturated carbocycles. The van der Waals surface area contributed by atoms with Crippen LogP contribution in [0.3, 0.4) is 0 Å². The predicted molar refractivity (Wildman–Crippen MR) is 75.2 cm³/mol. The van der Waals surface area contributed by atoms with Gasteiger partial charge in [-0.2, -0.15) is 0 Å². The fourth-order valence-electron chi connectivity index (χ4n) is 1.86. The van der Waals surface area contributed by atoms with Gasteiger partial charge >= 0.3 is 0 Å². The molecule has 0 aromatic carbocycles. The molecule has 2 aromatic heterocycles. The first-order valence-corrected chi connectivity index (χ1v) is 6.53. The van der Waals surface area contributed by atoms with Crippen molar-refractivity contribution in [2.75, 3.05) is 0 Å². The summed E-state index contributed by atoms with van der Waals surface area (Å²) < 4.78 is 7.37. The van der Waals surface area contributed by atoms with E-state index in [-0.39, 0.29) is 5.56 Å². The summed E-state index contributed by atoms with van der Waals surface area (Å²) in [5.41, 5.74) is 0.775. The van der Waals surface area contributed by atoms with E-state index < -0.39 is 0 Å². The topological polar surface area (TPSA) is 47.2 Å². The molecule has 2 rings (SSSR count). The highest BCUT2D eigenvalue weighted by molar-refractivity contribution is 5.11. The Morgan fingerprint density at radius 1 is 1.26 bits per heavy atom. The van der Waals surface area contributed by atoms with Crippen LogP contribution in [0.1, 0.15) is 30.9 Å². The number of hydrogen-bond donors (Lipinski definition) is 1. The molecule has 0 aliphatic rings. The lowest BCUT2D eigenvalue weighted by atomic mass is 10.3. The molecular formula is C15H20N2O2. The minimum Gasteiger partial charge on any atom is -0.463 e. The van der Waals surface area contributed by atoms with Crippen molar-refractivity contribution in [2.24, 2.45) is 0 Å². The molecule has 0 unspecified atom stereocenters. The number of aryl methyl sites for hydroxylation is 1. The lowest BCUT2D eigenvalue weighted by Crippen LogP contribution is -2.22. The molecule has 19 heavy (non-hydrogen) atoms. The Labute approximate surface area is 113 Å². The molecule has 0 amide bonds. The summed E-state index contributed by atoms with van der Waals surface area (Å²) in [7, 11) is 0. The van der Waals surface area contributed by atoms with Crippen molar-refractivity contribution in [1.82, 2.24) is 9.88 Å². The summed E-state index contributed by atoms with van der Waals surface area (Å²) in [6.45, 7) is 7.19. The molecule has 4 nitrogen and oxygen atoms in total. The zero-order chi connectivity index (χ0) is 13.8. The fourth-order valence-corrected chi connectivity index (χ4v) is 1.86. The van der Waals surface area contributed by atoms with Crippen LogP contribution in [0, 0.1) is 6.92 Å². The van der Waals surface area contributed by atoms with Gasteiger partial charge in [-0.3, -0.25) is 4.79 Å². The van der Waals surface area contributed by atoms with Crippen molar-refractivity contribution in [1.29, 1.82) is 0 Å². The van der Waals surface area contributed by atoms with E-state index in [4.69, 9.17) is 4.42 Å². The number of nitrogens with one attached hydrogen (secondary N) is 1. The van der Waals surface area contributed by atoms with Gasteiger partial charge in [-0.05, 0) is 25.1 Å². The van der Waals surface area contributed by atoms with E-state index in [1.165, 1.54) is 0 Å². The first kappa shape index (κ1) is 13.6. The molecule has 0 radical (unpaired) electrons. The first-order valence-electron chi connectivity index (χ1n) is 6.53. The molecule has 102 valence electrons. The highest BCUT2D eigenvalue weighted by Gasteiger charge is 2.05. The highest BCUT2D eigenvalue weighted by Crippen LogP contribution is 2.09. The zero-order valence-electron chi connectivity index (χ0n) is 11.6. The van der Waals surface area contributed by atoms with E-state index in [1.807, 2.05) is 31.2 Å². The summed E-state index contributed by atoms with van der Waals surface area (Å²) >= 11 is 0. The summed E-state index contributed by atoms with van der Waals surface area (Å²) in [5.74, 6) is 1.69. The molecule has 0 fully saturated rings. The number of nitrogens with zero attached hydrogens (tertiary/aromatic N) is 1. The Bertz CT molecular complexity index is 596. The van der Waals surface area contributed by atoms with E-state index in [9.17, 15) is 4.79 Å². The van der Waals surface area contributed by atoms with E-state index >= 15 is 0 Å². The Kier molecular flexibility index (Phi) is 4.22. The lowest BCUT2D eigenvalue weighted by Gasteiger charge is -2.06. The quantitative estimate of drug-likeness (QED) is 0.897. The van der Waals surface area contributed by atoms with Crippen LogP contribution in [0.5, 0.6) is 0 Å². The van der Waals surface area contributed by atoms with Crippen molar-refractivity contribution in [3.63, 3.8) is 0 Å². The van der Waals surface area contributed by atoms with Crippen molar-refractivity contribution >= 4 is 0 Å². The van der Waals surface area contributed by atoms with E-state index in [0.717, 1.165) is 17.1 Å². The average Bonchev–Trinajstić information content (AvgIpc) is 2.80. The van der Waals surface area contributed by atoms with Crippen LogP contribution in [0.4, 0.5) is 0 Å². The SMILES string of the molecule is Cc1cccn(Cc2ccc(CNC(C)C)o2)c1=O. The number of furan rings is 1. The second-order valence-corrected chi connectivity index (χ2v) is 5.03. The van der Waals surface area contributed by atoms with Gasteiger partial charge < -0.3 is 14.3 Å². The second kappa shape index (κ2) is 5.89. The Balaban J connectivity index is 2.07. The third-order valence-electron chi connectivity index (χ3n) is 2.94. The monoisotopic (exact) mass is 260 g/mol. The molecule has 2 aromatic rings. The maximum atomic E-state index is 11.9. The smallest absolute Gasteiger partial charge is 0.253 e. The van der Waals surface area contributed by atoms with E-state index in [0.29, 0.717) is 19.1 Å². The number of rotatable bonds is 5. The molecule has 0 saturated heterocycles. The van der Waals surface area contributed by atoms with Crippen molar-refractivity contribution < 1.29 is 4.42 Å². The maximum absolute atomic E-state index is 11.9. The minimum atomic E-state index is 0.0285. The van der Waals surface area contributed by atoms with Crippen LogP contribution in [0.15, 0.2) is 39.7 Å². The number of pyridine rings is 1. The third-order valence-corrected chi connectivity index (χ3v) is 2.94. The zero-order valence-corrected chi connectivity index (χ0v) is 11.6. The molecule has 0 aliphatic heterocycles. The van der Waals surface area contributed by atoms with Gasteiger partial charge in [0.1, 0.15) is 11.5 Å². The summed E-state index contributed by atoms with van der Waals surface area (Å²) in [6, 6.07) is 7.99. The molecule has 4 heteroatoms. The highest BCUT2D eigenvalue weighted by atomic mass is 16.3. The molecule has 2 heterocycles. The normalized spacial score (nSPS) is 11.2. The van der Waals surface area contributed by atoms with Gasteiger partial charge in [0, 0.05) is 17.8 Å². The Hall–Kier alpha value is -1.81. The van der Waals surface area contributed by atoms with Gasteiger partial charge in [0.05, 0.1) is 13.1 Å². The lowest BCUT2D eigenvalue weighted by molar-refractivity contribution is 0.425. The third kappa shape index (κ3) is 3.58. The second-order valence-electron chi connectivity index (χ2n) is 5.03. The molecule has 0 aliphatic carbocycles. The minimum absolute atomic E-state index is 0.0285. The van der Waals surface area contributed by atoms with Crippen LogP contribution in [0.25, 0.3) is 0 Å². The van der Waals surface area contributed by atoms with Crippen molar-refractivity contribution in [3.8, 4) is 0 Å². The largest absolute Gasteiger partial charge is 0.463 e. The maximum Gasteiger partial charge on any atom is 0.253 e. The first-order chi connectivity index (χ1) is 9.06. The van der Waals surface area contributed by atoms with E-state index in [2.05, 4.69) is 19.2 Å². The molecular weight excluding hydrogens is 240 g/mol. The summed E-state index contributed by atoms with van der Waals surface area (Å²) in [5, 5.41) is 3.30. The van der Waals surface area contributed by atoms with Gasteiger partial charge in [-0.1, -0.05) is 19.9 Å². The van der Waals surface area contributed by atoms with Crippen LogP contribution in [-0.4, -0.2) is 10.6 Å². The Morgan fingerprint density at radius 3 is 2.74 bits per heavy atom. The van der Waals surface area contributed by atoms with Gasteiger partial charge in [0.15, 0.2) is 0 Å². The standard InChI is InChI=1S/C15H20N2O2/c1-11(2)16-9-13-6-7-14(19-13)10-17-8-4-5-12(3)15(17)18/h4-8,11,16H,9-10H2,1-3H3. The molecule has 1 N–H and O–H groups in total.